The van der Waals surface area contributed by atoms with E-state index in [9.17, 15) is 4.79 Å². The Morgan fingerprint density at radius 3 is 2.24 bits per heavy atom. The molecule has 0 N–H and O–H groups in total. The van der Waals surface area contributed by atoms with Crippen molar-refractivity contribution in [2.24, 2.45) is 5.92 Å². The van der Waals surface area contributed by atoms with Gasteiger partial charge in [-0.15, -0.1) is 0 Å². The molecule has 50 heavy (non-hydrogen) atoms. The van der Waals surface area contributed by atoms with Gasteiger partial charge in [0.05, 0.1) is 55.4 Å². The summed E-state index contributed by atoms with van der Waals surface area (Å²) in [5, 5.41) is 0.0167. The van der Waals surface area contributed by atoms with E-state index in [2.05, 4.69) is 91.0 Å². The highest BCUT2D eigenvalue weighted by molar-refractivity contribution is 6.74. The lowest BCUT2D eigenvalue weighted by molar-refractivity contribution is -0.275. The van der Waals surface area contributed by atoms with Crippen molar-refractivity contribution < 1.29 is 32.9 Å². The second kappa shape index (κ2) is 17.5. The van der Waals surface area contributed by atoms with Crippen LogP contribution in [0.25, 0.3) is 0 Å². The van der Waals surface area contributed by atoms with E-state index in [-0.39, 0.29) is 41.3 Å². The molecule has 2 aromatic rings. The van der Waals surface area contributed by atoms with Crippen LogP contribution in [0.15, 0.2) is 72.3 Å². The fourth-order valence-corrected chi connectivity index (χ4v) is 8.27. The van der Waals surface area contributed by atoms with Gasteiger partial charge in [-0.1, -0.05) is 94.4 Å². The van der Waals surface area contributed by atoms with E-state index in [1.165, 1.54) is 5.56 Å². The molecule has 0 radical (unpaired) electrons. The molecule has 2 saturated heterocycles. The van der Waals surface area contributed by atoms with Crippen LogP contribution in [0.1, 0.15) is 98.6 Å². The minimum atomic E-state index is -2.21. The standard InChI is InChI=1S/C42H64O7Si/c1-11-45-39(43)32(3)22-25-42(8)37(48-50(9,10)40(4,5)6)28-36-41(7,49-42)26-23-35(46-30-34-20-16-13-17-21-34)38(47-36)31(2)24-27-44-29-33-18-14-12-15-19-33/h12-22,31,35-38H,11,23-30H2,1-10H3/b32-22+/t31-,35+,36+,37-,38-,41-,42+/m1/s1. The molecule has 2 aliphatic heterocycles. The Balaban J connectivity index is 1.60. The SMILES string of the molecule is CCOC(=O)/C(C)=C/C[C@]1(C)O[C@]2(C)CC[C@H](OCc3ccccc3)[C@@H]([C@H](C)CCOCc3ccccc3)O[C@H]2C[C@H]1O[Si](C)(C)C(C)(C)C. The Morgan fingerprint density at radius 2 is 1.64 bits per heavy atom. The van der Waals surface area contributed by atoms with E-state index in [1.54, 1.807) is 0 Å². The van der Waals surface area contributed by atoms with Crippen molar-refractivity contribution in [3.63, 3.8) is 0 Å². The largest absolute Gasteiger partial charge is 0.463 e. The summed E-state index contributed by atoms with van der Waals surface area (Å²) in [5.41, 5.74) is 1.67. The second-order valence-electron chi connectivity index (χ2n) is 16.4. The molecule has 7 atom stereocenters. The number of ether oxygens (including phenoxy) is 5. The van der Waals surface area contributed by atoms with Crippen molar-refractivity contribution in [3.05, 3.63) is 83.4 Å². The predicted octanol–water partition coefficient (Wildman–Crippen LogP) is 9.59. The van der Waals surface area contributed by atoms with Crippen LogP contribution in [0.4, 0.5) is 0 Å². The average Bonchev–Trinajstić information content (AvgIpc) is 3.20. The molecule has 2 heterocycles. The zero-order valence-corrected chi connectivity index (χ0v) is 33.5. The van der Waals surface area contributed by atoms with Gasteiger partial charge >= 0.3 is 5.97 Å². The lowest BCUT2D eigenvalue weighted by Gasteiger charge is -2.55. The van der Waals surface area contributed by atoms with Gasteiger partial charge in [-0.05, 0) is 88.6 Å². The lowest BCUT2D eigenvalue weighted by atomic mass is 9.78. The maximum Gasteiger partial charge on any atom is 0.333 e. The highest BCUT2D eigenvalue weighted by atomic mass is 28.4. The summed E-state index contributed by atoms with van der Waals surface area (Å²) in [4.78, 5) is 12.6. The summed E-state index contributed by atoms with van der Waals surface area (Å²) in [6.45, 7) is 23.8. The third-order valence-corrected chi connectivity index (χ3v) is 15.7. The molecule has 0 spiro atoms. The van der Waals surface area contributed by atoms with Gasteiger partial charge < -0.3 is 28.1 Å². The summed E-state index contributed by atoms with van der Waals surface area (Å²) >= 11 is 0. The normalized spacial score (nSPS) is 28.4. The molecule has 0 unspecified atom stereocenters. The number of esters is 1. The average molecular weight is 709 g/mol. The van der Waals surface area contributed by atoms with Gasteiger partial charge in [0, 0.05) is 18.6 Å². The van der Waals surface area contributed by atoms with E-state index < -0.39 is 19.5 Å². The third kappa shape index (κ3) is 10.6. The molecule has 2 aliphatic rings. The second-order valence-corrected chi connectivity index (χ2v) is 21.2. The molecule has 0 bridgehead atoms. The molecule has 0 aliphatic carbocycles. The summed E-state index contributed by atoms with van der Waals surface area (Å²) in [7, 11) is -2.21. The first-order valence-electron chi connectivity index (χ1n) is 18.7. The zero-order chi connectivity index (χ0) is 36.6. The number of rotatable bonds is 15. The molecular weight excluding hydrogens is 645 g/mol. The Morgan fingerprint density at radius 1 is 1.02 bits per heavy atom. The van der Waals surface area contributed by atoms with E-state index in [0.717, 1.165) is 24.8 Å². The number of hydrogen-bond donors (Lipinski definition) is 0. The Kier molecular flexibility index (Phi) is 14.1. The number of carbonyl (C=O) groups is 1. The number of hydrogen-bond acceptors (Lipinski definition) is 7. The van der Waals surface area contributed by atoms with Gasteiger partial charge in [0.15, 0.2) is 8.32 Å². The predicted molar refractivity (Wildman–Crippen MR) is 202 cm³/mol. The third-order valence-electron chi connectivity index (χ3n) is 11.2. The maximum atomic E-state index is 12.6. The topological polar surface area (TPSA) is 72.5 Å². The first kappa shape index (κ1) is 40.4. The number of benzene rings is 2. The van der Waals surface area contributed by atoms with E-state index in [4.69, 9.17) is 28.1 Å². The van der Waals surface area contributed by atoms with Gasteiger partial charge in [-0.3, -0.25) is 0 Å². The van der Waals surface area contributed by atoms with Gasteiger partial charge in [0.2, 0.25) is 0 Å². The summed E-state index contributed by atoms with van der Waals surface area (Å²) < 4.78 is 39.9. The lowest BCUT2D eigenvalue weighted by Crippen LogP contribution is -2.64. The van der Waals surface area contributed by atoms with E-state index >= 15 is 0 Å². The first-order chi connectivity index (χ1) is 23.6. The van der Waals surface area contributed by atoms with Gasteiger partial charge in [-0.2, -0.15) is 0 Å². The zero-order valence-electron chi connectivity index (χ0n) is 32.5. The molecule has 0 saturated carbocycles. The van der Waals surface area contributed by atoms with E-state index in [1.807, 2.05) is 44.2 Å². The van der Waals surface area contributed by atoms with Gasteiger partial charge in [0.1, 0.15) is 0 Å². The van der Waals surface area contributed by atoms with Crippen LogP contribution in [0.3, 0.4) is 0 Å². The summed E-state index contributed by atoms with van der Waals surface area (Å²) in [5.74, 6) is -0.101. The fraction of sp³-hybridized carbons (Fsp3) is 0.643. The van der Waals surface area contributed by atoms with Crippen molar-refractivity contribution in [1.29, 1.82) is 0 Å². The molecule has 4 rings (SSSR count). The Labute approximate surface area is 303 Å². The molecular formula is C42H64O7Si. The minimum Gasteiger partial charge on any atom is -0.463 e. The van der Waals surface area contributed by atoms with Crippen LogP contribution in [-0.2, 0) is 46.1 Å². The molecule has 8 heteroatoms. The van der Waals surface area contributed by atoms with Crippen LogP contribution in [-0.4, -0.2) is 63.1 Å². The highest BCUT2D eigenvalue weighted by Crippen LogP contribution is 2.49. The van der Waals surface area contributed by atoms with Crippen molar-refractivity contribution in [2.75, 3.05) is 13.2 Å². The Hall–Kier alpha value is -2.33. The summed E-state index contributed by atoms with van der Waals surface area (Å²) in [6.07, 6.45) is 4.98. The molecule has 2 fully saturated rings. The molecule has 2 aromatic carbocycles. The van der Waals surface area contributed by atoms with Crippen LogP contribution in [0.2, 0.25) is 18.1 Å². The monoisotopic (exact) mass is 708 g/mol. The van der Waals surface area contributed by atoms with Crippen LogP contribution in [0.5, 0.6) is 0 Å². The summed E-state index contributed by atoms with van der Waals surface area (Å²) in [6, 6.07) is 20.7. The van der Waals surface area contributed by atoms with E-state index in [0.29, 0.717) is 44.8 Å². The van der Waals surface area contributed by atoms with Crippen LogP contribution in [0, 0.1) is 5.92 Å². The van der Waals surface area contributed by atoms with Crippen LogP contribution < -0.4 is 0 Å². The van der Waals surface area contributed by atoms with Gasteiger partial charge in [0.25, 0.3) is 0 Å². The Bertz CT molecular complexity index is 1370. The van der Waals surface area contributed by atoms with Crippen molar-refractivity contribution >= 4 is 14.3 Å². The van der Waals surface area contributed by atoms with Crippen molar-refractivity contribution in [3.8, 4) is 0 Å². The first-order valence-corrected chi connectivity index (χ1v) is 21.6. The van der Waals surface area contributed by atoms with Crippen LogP contribution >= 0.6 is 0 Å². The van der Waals surface area contributed by atoms with Crippen molar-refractivity contribution in [2.45, 2.75) is 154 Å². The highest BCUT2D eigenvalue weighted by Gasteiger charge is 2.57. The molecule has 7 nitrogen and oxygen atoms in total. The van der Waals surface area contributed by atoms with Gasteiger partial charge in [-0.25, -0.2) is 4.79 Å². The minimum absolute atomic E-state index is 0.0167. The fourth-order valence-electron chi connectivity index (χ4n) is 6.86. The smallest absolute Gasteiger partial charge is 0.333 e. The molecule has 0 amide bonds. The number of fused-ring (bicyclic) bond motifs is 1. The molecule has 0 aromatic heterocycles. The molecule has 278 valence electrons. The quantitative estimate of drug-likeness (QED) is 0.0790. The maximum absolute atomic E-state index is 12.6. The van der Waals surface area contributed by atoms with Crippen molar-refractivity contribution in [1.82, 2.24) is 0 Å². The number of carbonyl (C=O) groups excluding carboxylic acids is 1.